The fraction of sp³-hybridized carbons (Fsp3) is 0.467. The highest BCUT2D eigenvalue weighted by atomic mass is 16.5. The molecule has 1 aromatic carbocycles. The molecule has 6 heteroatoms. The summed E-state index contributed by atoms with van der Waals surface area (Å²) in [5, 5.41) is 9.02. The van der Waals surface area contributed by atoms with Crippen LogP contribution in [-0.2, 0) is 9.59 Å². The first kappa shape index (κ1) is 15.3. The quantitative estimate of drug-likeness (QED) is 0.876. The highest BCUT2D eigenvalue weighted by molar-refractivity contribution is 5.78. The molecule has 0 spiro atoms. The molecule has 114 valence electrons. The SMILES string of the molecule is COc1ccccc1C1CN(C(=O)CO)CCN1C(C)=O. The summed E-state index contributed by atoms with van der Waals surface area (Å²) in [5.41, 5.74) is 0.866. The summed E-state index contributed by atoms with van der Waals surface area (Å²) in [6.07, 6.45) is 0. The molecule has 2 amide bonds. The smallest absolute Gasteiger partial charge is 0.248 e. The van der Waals surface area contributed by atoms with Gasteiger partial charge in [-0.1, -0.05) is 18.2 Å². The molecule has 1 fully saturated rings. The Morgan fingerprint density at radius 2 is 2.05 bits per heavy atom. The Balaban J connectivity index is 2.33. The van der Waals surface area contributed by atoms with Crippen molar-refractivity contribution in [3.63, 3.8) is 0 Å². The summed E-state index contributed by atoms with van der Waals surface area (Å²) in [4.78, 5) is 26.9. The molecule has 1 aliphatic rings. The standard InChI is InChI=1S/C15H20N2O4/c1-11(19)17-8-7-16(15(20)10-18)9-13(17)12-5-3-4-6-14(12)21-2/h3-6,13,18H,7-10H2,1-2H3. The van der Waals surface area contributed by atoms with Crippen LogP contribution >= 0.6 is 0 Å². The van der Waals surface area contributed by atoms with E-state index in [4.69, 9.17) is 9.84 Å². The molecule has 6 nitrogen and oxygen atoms in total. The summed E-state index contributed by atoms with van der Waals surface area (Å²) in [7, 11) is 1.58. The molecule has 1 atom stereocenters. The van der Waals surface area contributed by atoms with E-state index in [1.807, 2.05) is 24.3 Å². The number of aliphatic hydroxyl groups is 1. The second kappa shape index (κ2) is 6.58. The van der Waals surface area contributed by atoms with E-state index in [0.29, 0.717) is 25.4 Å². The van der Waals surface area contributed by atoms with Gasteiger partial charge in [-0.15, -0.1) is 0 Å². The topological polar surface area (TPSA) is 70.1 Å². The van der Waals surface area contributed by atoms with Crippen LogP contribution in [0.5, 0.6) is 5.75 Å². The monoisotopic (exact) mass is 292 g/mol. The molecule has 21 heavy (non-hydrogen) atoms. The lowest BCUT2D eigenvalue weighted by Gasteiger charge is -2.41. The van der Waals surface area contributed by atoms with Crippen molar-refractivity contribution < 1.29 is 19.4 Å². The summed E-state index contributed by atoms with van der Waals surface area (Å²) in [6, 6.07) is 7.21. The van der Waals surface area contributed by atoms with Gasteiger partial charge in [0.25, 0.3) is 0 Å². The van der Waals surface area contributed by atoms with Gasteiger partial charge < -0.3 is 19.6 Å². The number of para-hydroxylation sites is 1. The lowest BCUT2D eigenvalue weighted by atomic mass is 10.0. The van der Waals surface area contributed by atoms with Crippen molar-refractivity contribution in [2.75, 3.05) is 33.4 Å². The number of carbonyl (C=O) groups excluding carboxylic acids is 2. The maximum Gasteiger partial charge on any atom is 0.248 e. The van der Waals surface area contributed by atoms with Crippen molar-refractivity contribution >= 4 is 11.8 Å². The zero-order valence-corrected chi connectivity index (χ0v) is 12.3. The molecule has 1 aromatic rings. The van der Waals surface area contributed by atoms with Gasteiger partial charge in [-0.05, 0) is 6.07 Å². The number of nitrogens with zero attached hydrogens (tertiary/aromatic N) is 2. The number of ether oxygens (including phenoxy) is 1. The van der Waals surface area contributed by atoms with Gasteiger partial charge in [-0.25, -0.2) is 0 Å². The van der Waals surface area contributed by atoms with E-state index in [2.05, 4.69) is 0 Å². The van der Waals surface area contributed by atoms with Gasteiger partial charge in [0.1, 0.15) is 12.4 Å². The van der Waals surface area contributed by atoms with Crippen molar-refractivity contribution in [1.29, 1.82) is 0 Å². The van der Waals surface area contributed by atoms with E-state index in [-0.39, 0.29) is 17.9 Å². The van der Waals surface area contributed by atoms with Crippen LogP contribution < -0.4 is 4.74 Å². The predicted molar refractivity (Wildman–Crippen MR) is 76.8 cm³/mol. The third kappa shape index (κ3) is 3.16. The minimum absolute atomic E-state index is 0.0398. The Hall–Kier alpha value is -2.08. The molecular weight excluding hydrogens is 272 g/mol. The second-order valence-corrected chi connectivity index (χ2v) is 4.97. The van der Waals surface area contributed by atoms with Crippen LogP contribution in [0, 0.1) is 0 Å². The molecule has 0 aromatic heterocycles. The van der Waals surface area contributed by atoms with Gasteiger partial charge in [-0.3, -0.25) is 9.59 Å². The number of hydrogen-bond acceptors (Lipinski definition) is 4. The molecule has 0 aliphatic carbocycles. The van der Waals surface area contributed by atoms with Gasteiger partial charge in [0.15, 0.2) is 0 Å². The lowest BCUT2D eigenvalue weighted by molar-refractivity contribution is -0.143. The number of amides is 2. The molecule has 1 N–H and O–H groups in total. The second-order valence-electron chi connectivity index (χ2n) is 4.97. The van der Waals surface area contributed by atoms with Crippen molar-refractivity contribution in [2.24, 2.45) is 0 Å². The fourth-order valence-electron chi connectivity index (χ4n) is 2.69. The summed E-state index contributed by atoms with van der Waals surface area (Å²) < 4.78 is 5.36. The van der Waals surface area contributed by atoms with E-state index in [9.17, 15) is 9.59 Å². The van der Waals surface area contributed by atoms with Crippen LogP contribution in [0.15, 0.2) is 24.3 Å². The van der Waals surface area contributed by atoms with Crippen LogP contribution in [0.25, 0.3) is 0 Å². The molecule has 1 saturated heterocycles. The van der Waals surface area contributed by atoms with Crippen LogP contribution in [0.1, 0.15) is 18.5 Å². The number of piperazine rings is 1. The van der Waals surface area contributed by atoms with Crippen molar-refractivity contribution in [3.05, 3.63) is 29.8 Å². The number of rotatable bonds is 3. The van der Waals surface area contributed by atoms with E-state index in [1.165, 1.54) is 6.92 Å². The third-order valence-electron chi connectivity index (χ3n) is 3.77. The number of benzene rings is 1. The van der Waals surface area contributed by atoms with Gasteiger partial charge in [0.05, 0.1) is 13.2 Å². The van der Waals surface area contributed by atoms with Crippen molar-refractivity contribution in [3.8, 4) is 5.75 Å². The van der Waals surface area contributed by atoms with E-state index in [1.54, 1.807) is 16.9 Å². The number of hydrogen-bond donors (Lipinski definition) is 1. The molecule has 0 radical (unpaired) electrons. The number of methoxy groups -OCH3 is 1. The number of carbonyl (C=O) groups is 2. The molecule has 1 heterocycles. The summed E-state index contributed by atoms with van der Waals surface area (Å²) >= 11 is 0. The van der Waals surface area contributed by atoms with Crippen LogP contribution in [0.2, 0.25) is 0 Å². The van der Waals surface area contributed by atoms with Crippen molar-refractivity contribution in [1.82, 2.24) is 9.80 Å². The predicted octanol–water partition coefficient (Wildman–Crippen LogP) is 0.419. The Morgan fingerprint density at radius 3 is 2.67 bits per heavy atom. The minimum atomic E-state index is -0.515. The zero-order chi connectivity index (χ0) is 15.4. The maximum atomic E-state index is 11.9. The van der Waals surface area contributed by atoms with Crippen LogP contribution in [0.4, 0.5) is 0 Å². The number of aliphatic hydroxyl groups excluding tert-OH is 1. The third-order valence-corrected chi connectivity index (χ3v) is 3.77. The molecule has 1 aliphatic heterocycles. The molecular formula is C15H20N2O4. The van der Waals surface area contributed by atoms with Gasteiger partial charge in [0, 0.05) is 32.1 Å². The van der Waals surface area contributed by atoms with Crippen molar-refractivity contribution in [2.45, 2.75) is 13.0 Å². The largest absolute Gasteiger partial charge is 0.496 e. The summed E-state index contributed by atoms with van der Waals surface area (Å²) in [6.45, 7) is 2.25. The molecule has 0 saturated carbocycles. The fourth-order valence-corrected chi connectivity index (χ4v) is 2.69. The minimum Gasteiger partial charge on any atom is -0.496 e. The van der Waals surface area contributed by atoms with Gasteiger partial charge in [0.2, 0.25) is 11.8 Å². The maximum absolute atomic E-state index is 11.9. The highest BCUT2D eigenvalue weighted by Gasteiger charge is 2.33. The first-order chi connectivity index (χ1) is 10.1. The molecule has 2 rings (SSSR count). The summed E-state index contributed by atoms with van der Waals surface area (Å²) in [5.74, 6) is 0.326. The average molecular weight is 292 g/mol. The average Bonchev–Trinajstić information content (AvgIpc) is 2.53. The molecule has 1 unspecified atom stereocenters. The van der Waals surface area contributed by atoms with Crippen LogP contribution in [-0.4, -0.2) is 60.1 Å². The Morgan fingerprint density at radius 1 is 1.33 bits per heavy atom. The van der Waals surface area contributed by atoms with E-state index < -0.39 is 6.61 Å². The first-order valence-corrected chi connectivity index (χ1v) is 6.87. The Labute approximate surface area is 123 Å². The zero-order valence-electron chi connectivity index (χ0n) is 12.3. The highest BCUT2D eigenvalue weighted by Crippen LogP contribution is 2.32. The van der Waals surface area contributed by atoms with E-state index >= 15 is 0 Å². The normalized spacial score (nSPS) is 18.5. The van der Waals surface area contributed by atoms with Gasteiger partial charge >= 0.3 is 0 Å². The Kier molecular flexibility index (Phi) is 4.80. The molecule has 0 bridgehead atoms. The Bertz CT molecular complexity index is 532. The lowest BCUT2D eigenvalue weighted by Crippen LogP contribution is -2.52. The van der Waals surface area contributed by atoms with E-state index in [0.717, 1.165) is 5.56 Å². The first-order valence-electron chi connectivity index (χ1n) is 6.87. The van der Waals surface area contributed by atoms with Gasteiger partial charge in [-0.2, -0.15) is 0 Å². The van der Waals surface area contributed by atoms with Crippen LogP contribution in [0.3, 0.4) is 0 Å².